The summed E-state index contributed by atoms with van der Waals surface area (Å²) in [6.45, 7) is 3.11. The molecule has 0 aliphatic carbocycles. The van der Waals surface area contributed by atoms with E-state index in [-0.39, 0.29) is 5.91 Å². The van der Waals surface area contributed by atoms with Gasteiger partial charge in [-0.25, -0.2) is 9.37 Å². The van der Waals surface area contributed by atoms with Crippen molar-refractivity contribution in [3.05, 3.63) is 53.3 Å². The first-order valence-electron chi connectivity index (χ1n) is 8.57. The van der Waals surface area contributed by atoms with Crippen LogP contribution in [-0.4, -0.2) is 50.1 Å². The number of aromatic nitrogens is 1. The number of aryl methyl sites for hydroxylation is 1. The molecule has 0 radical (unpaired) electrons. The summed E-state index contributed by atoms with van der Waals surface area (Å²) in [6, 6.07) is 9.59. The Labute approximate surface area is 162 Å². The number of thiazole rings is 1. The maximum Gasteiger partial charge on any atom is 0.260 e. The summed E-state index contributed by atoms with van der Waals surface area (Å²) in [7, 11) is 5.48. The van der Waals surface area contributed by atoms with Crippen LogP contribution in [0.25, 0.3) is 10.2 Å². The molecule has 0 fully saturated rings. The highest BCUT2D eigenvalue weighted by Crippen LogP contribution is 2.36. The number of amides is 1. The smallest absolute Gasteiger partial charge is 0.260 e. The molecule has 3 aromatic rings. The zero-order valence-electron chi connectivity index (χ0n) is 15.8. The van der Waals surface area contributed by atoms with Gasteiger partial charge in [-0.05, 0) is 50.8 Å². The van der Waals surface area contributed by atoms with E-state index in [1.165, 1.54) is 29.5 Å². The molecule has 7 heteroatoms. The lowest BCUT2D eigenvalue weighted by molar-refractivity contribution is 0.0984. The van der Waals surface area contributed by atoms with Gasteiger partial charge in [-0.1, -0.05) is 23.5 Å². The molecule has 3 rings (SSSR count). The Morgan fingerprint density at radius 3 is 2.67 bits per heavy atom. The lowest BCUT2D eigenvalue weighted by Gasteiger charge is -2.22. The third-order valence-electron chi connectivity index (χ3n) is 4.23. The van der Waals surface area contributed by atoms with Gasteiger partial charge in [0.15, 0.2) is 5.13 Å². The van der Waals surface area contributed by atoms with Crippen molar-refractivity contribution in [2.45, 2.75) is 6.92 Å². The largest absolute Gasteiger partial charge is 0.494 e. The molecule has 0 atom stereocenters. The number of methoxy groups -OCH3 is 1. The Kier molecular flexibility index (Phi) is 5.72. The lowest BCUT2D eigenvalue weighted by atomic mass is 10.2. The monoisotopic (exact) mass is 387 g/mol. The molecule has 0 unspecified atom stereocenters. The second-order valence-corrected chi connectivity index (χ2v) is 7.51. The molecule has 142 valence electrons. The number of halogens is 1. The minimum Gasteiger partial charge on any atom is -0.494 e. The standard InChI is InChI=1S/C20H22FN3O2S/c1-13-8-9-16(26-4)17-18(13)27-20(22-17)24(11-10-23(2)3)19(25)14-6-5-7-15(21)12-14/h5-9,12H,10-11H2,1-4H3. The van der Waals surface area contributed by atoms with Gasteiger partial charge >= 0.3 is 0 Å². The van der Waals surface area contributed by atoms with Crippen molar-refractivity contribution >= 4 is 32.6 Å². The lowest BCUT2D eigenvalue weighted by Crippen LogP contribution is -2.36. The van der Waals surface area contributed by atoms with Crippen LogP contribution in [0.15, 0.2) is 36.4 Å². The first-order chi connectivity index (χ1) is 12.9. The van der Waals surface area contributed by atoms with Crippen LogP contribution >= 0.6 is 11.3 Å². The van der Waals surface area contributed by atoms with E-state index in [0.29, 0.717) is 29.5 Å². The number of nitrogens with zero attached hydrogens (tertiary/aromatic N) is 3. The second kappa shape index (κ2) is 8.02. The summed E-state index contributed by atoms with van der Waals surface area (Å²) in [4.78, 5) is 21.4. The summed E-state index contributed by atoms with van der Waals surface area (Å²) in [5.74, 6) is -0.0360. The molecule has 1 aromatic heterocycles. The number of benzene rings is 2. The summed E-state index contributed by atoms with van der Waals surface area (Å²) < 4.78 is 20.0. The van der Waals surface area contributed by atoms with Crippen LogP contribution in [-0.2, 0) is 0 Å². The zero-order chi connectivity index (χ0) is 19.6. The molecule has 27 heavy (non-hydrogen) atoms. The fourth-order valence-electron chi connectivity index (χ4n) is 2.74. The van der Waals surface area contributed by atoms with Gasteiger partial charge in [-0.3, -0.25) is 9.69 Å². The van der Waals surface area contributed by atoms with E-state index in [0.717, 1.165) is 15.8 Å². The van der Waals surface area contributed by atoms with Crippen LogP contribution < -0.4 is 9.64 Å². The quantitative estimate of drug-likeness (QED) is 0.642. The van der Waals surface area contributed by atoms with Gasteiger partial charge in [0, 0.05) is 18.7 Å². The van der Waals surface area contributed by atoms with E-state index >= 15 is 0 Å². The Hall–Kier alpha value is -2.51. The Balaban J connectivity index is 2.06. The predicted octanol–water partition coefficient (Wildman–Crippen LogP) is 3.96. The molecule has 0 N–H and O–H groups in total. The highest BCUT2D eigenvalue weighted by atomic mass is 32.1. The maximum absolute atomic E-state index is 13.6. The fourth-order valence-corrected chi connectivity index (χ4v) is 3.82. The molecular formula is C20H22FN3O2S. The van der Waals surface area contributed by atoms with Crippen molar-refractivity contribution in [1.82, 2.24) is 9.88 Å². The number of likely N-dealkylation sites (N-methyl/N-ethyl adjacent to an activating group) is 1. The van der Waals surface area contributed by atoms with E-state index in [9.17, 15) is 9.18 Å². The number of hydrogen-bond donors (Lipinski definition) is 0. The topological polar surface area (TPSA) is 45.7 Å². The van der Waals surface area contributed by atoms with Crippen molar-refractivity contribution in [2.24, 2.45) is 0 Å². The molecule has 2 aromatic carbocycles. The van der Waals surface area contributed by atoms with E-state index in [2.05, 4.69) is 4.98 Å². The van der Waals surface area contributed by atoms with E-state index in [4.69, 9.17) is 4.74 Å². The summed E-state index contributed by atoms with van der Waals surface area (Å²) in [5.41, 5.74) is 2.11. The summed E-state index contributed by atoms with van der Waals surface area (Å²) >= 11 is 1.44. The van der Waals surface area contributed by atoms with Gasteiger partial charge in [-0.2, -0.15) is 0 Å². The highest BCUT2D eigenvalue weighted by Gasteiger charge is 2.23. The fraction of sp³-hybridized carbons (Fsp3) is 0.300. The van der Waals surface area contributed by atoms with Gasteiger partial charge in [0.1, 0.15) is 17.1 Å². The van der Waals surface area contributed by atoms with Gasteiger partial charge in [-0.15, -0.1) is 0 Å². The van der Waals surface area contributed by atoms with Gasteiger partial charge in [0.25, 0.3) is 5.91 Å². The maximum atomic E-state index is 13.6. The molecule has 0 saturated carbocycles. The molecule has 0 saturated heterocycles. The first kappa shape index (κ1) is 19.3. The molecule has 5 nitrogen and oxygen atoms in total. The Morgan fingerprint density at radius 2 is 2.00 bits per heavy atom. The van der Waals surface area contributed by atoms with Crippen molar-refractivity contribution in [3.63, 3.8) is 0 Å². The van der Waals surface area contributed by atoms with Crippen LogP contribution in [0, 0.1) is 12.7 Å². The van der Waals surface area contributed by atoms with Gasteiger partial charge < -0.3 is 9.64 Å². The minimum atomic E-state index is -0.435. The second-order valence-electron chi connectivity index (χ2n) is 6.53. The normalized spacial score (nSPS) is 11.2. The van der Waals surface area contributed by atoms with Gasteiger partial charge in [0.2, 0.25) is 0 Å². The molecule has 0 aliphatic heterocycles. The minimum absolute atomic E-state index is 0.271. The molecule has 0 bridgehead atoms. The van der Waals surface area contributed by atoms with Crippen molar-refractivity contribution in [1.29, 1.82) is 0 Å². The van der Waals surface area contributed by atoms with E-state index in [1.807, 2.05) is 38.1 Å². The van der Waals surface area contributed by atoms with Crippen LogP contribution in [0.5, 0.6) is 5.75 Å². The molecule has 0 spiro atoms. The SMILES string of the molecule is COc1ccc(C)c2sc(N(CCN(C)C)C(=O)c3cccc(F)c3)nc12. The number of rotatable bonds is 6. The number of carbonyl (C=O) groups excluding carboxylic acids is 1. The van der Waals surface area contributed by atoms with E-state index < -0.39 is 5.82 Å². The van der Waals surface area contributed by atoms with Crippen LogP contribution in [0.1, 0.15) is 15.9 Å². The first-order valence-corrected chi connectivity index (χ1v) is 9.38. The Bertz CT molecular complexity index is 971. The molecular weight excluding hydrogens is 365 g/mol. The van der Waals surface area contributed by atoms with Crippen LogP contribution in [0.4, 0.5) is 9.52 Å². The van der Waals surface area contributed by atoms with Crippen molar-refractivity contribution < 1.29 is 13.9 Å². The number of fused-ring (bicyclic) bond motifs is 1. The third kappa shape index (κ3) is 4.09. The van der Waals surface area contributed by atoms with Crippen molar-refractivity contribution in [3.8, 4) is 5.75 Å². The molecule has 0 aliphatic rings. The number of carbonyl (C=O) groups is 1. The number of anilines is 1. The predicted molar refractivity (Wildman–Crippen MR) is 108 cm³/mol. The molecule has 1 amide bonds. The van der Waals surface area contributed by atoms with Gasteiger partial charge in [0.05, 0.1) is 11.8 Å². The summed E-state index contributed by atoms with van der Waals surface area (Å²) in [6.07, 6.45) is 0. The number of ether oxygens (including phenoxy) is 1. The zero-order valence-corrected chi connectivity index (χ0v) is 16.6. The average molecular weight is 387 g/mol. The van der Waals surface area contributed by atoms with E-state index in [1.54, 1.807) is 18.1 Å². The highest BCUT2D eigenvalue weighted by molar-refractivity contribution is 7.22. The van der Waals surface area contributed by atoms with Crippen LogP contribution in [0.3, 0.4) is 0 Å². The van der Waals surface area contributed by atoms with Crippen LogP contribution in [0.2, 0.25) is 0 Å². The number of hydrogen-bond acceptors (Lipinski definition) is 5. The summed E-state index contributed by atoms with van der Waals surface area (Å²) in [5, 5.41) is 0.578. The van der Waals surface area contributed by atoms with Crippen molar-refractivity contribution in [2.75, 3.05) is 39.2 Å². The average Bonchev–Trinajstić information content (AvgIpc) is 3.08. The third-order valence-corrected chi connectivity index (χ3v) is 5.44. The molecule has 1 heterocycles. The Morgan fingerprint density at radius 1 is 1.22 bits per heavy atom.